The summed E-state index contributed by atoms with van der Waals surface area (Å²) >= 11 is 0. The molecule has 1 heterocycles. The summed E-state index contributed by atoms with van der Waals surface area (Å²) in [5.41, 5.74) is 0.686. The molecule has 84 valence electrons. The van der Waals surface area contributed by atoms with Gasteiger partial charge in [0.2, 0.25) is 0 Å². The lowest BCUT2D eigenvalue weighted by atomic mass is 10.1. The third-order valence-corrected chi connectivity index (χ3v) is 2.13. The van der Waals surface area contributed by atoms with Crippen LogP contribution in [-0.4, -0.2) is 32.5 Å². The van der Waals surface area contributed by atoms with E-state index in [1.54, 1.807) is 13.2 Å². The Labute approximate surface area is 88.4 Å². The Balaban J connectivity index is 2.90. The summed E-state index contributed by atoms with van der Waals surface area (Å²) in [5.74, 6) is -0.376. The fraction of sp³-hybridized carbons (Fsp3) is 0.500. The monoisotopic (exact) mass is 214 g/mol. The van der Waals surface area contributed by atoms with Gasteiger partial charge in [0.25, 0.3) is 0 Å². The number of ether oxygens (including phenoxy) is 2. The smallest absolute Gasteiger partial charge is 0.176 e. The average molecular weight is 214 g/mol. The van der Waals surface area contributed by atoms with Crippen LogP contribution in [0.15, 0.2) is 18.5 Å². The molecule has 0 saturated carbocycles. The van der Waals surface area contributed by atoms with Gasteiger partial charge in [0.1, 0.15) is 5.82 Å². The molecule has 4 nitrogen and oxygen atoms in total. The second kappa shape index (κ2) is 5.75. The van der Waals surface area contributed by atoms with E-state index in [9.17, 15) is 4.39 Å². The Morgan fingerprint density at radius 3 is 2.47 bits per heavy atom. The quantitative estimate of drug-likeness (QED) is 0.745. The molecule has 0 radical (unpaired) electrons. The van der Waals surface area contributed by atoms with E-state index in [0.717, 1.165) is 6.20 Å². The average Bonchev–Trinajstić information content (AvgIpc) is 2.25. The first-order valence-electron chi connectivity index (χ1n) is 4.56. The molecular formula is C10H15FN2O2. The van der Waals surface area contributed by atoms with Crippen LogP contribution < -0.4 is 5.32 Å². The molecule has 0 aromatic carbocycles. The zero-order valence-corrected chi connectivity index (χ0v) is 9.03. The van der Waals surface area contributed by atoms with Crippen molar-refractivity contribution in [2.24, 2.45) is 0 Å². The van der Waals surface area contributed by atoms with Crippen molar-refractivity contribution in [2.45, 2.75) is 12.3 Å². The van der Waals surface area contributed by atoms with E-state index >= 15 is 0 Å². The molecule has 1 aromatic rings. The highest BCUT2D eigenvalue weighted by molar-refractivity contribution is 5.15. The van der Waals surface area contributed by atoms with Gasteiger partial charge in [0.05, 0.1) is 12.2 Å². The van der Waals surface area contributed by atoms with Crippen LogP contribution in [-0.2, 0) is 9.47 Å². The second-order valence-corrected chi connectivity index (χ2v) is 3.04. The number of methoxy groups -OCH3 is 2. The lowest BCUT2D eigenvalue weighted by Crippen LogP contribution is -2.32. The van der Waals surface area contributed by atoms with Crippen LogP contribution in [0.2, 0.25) is 0 Å². The minimum absolute atomic E-state index is 0.247. The molecule has 1 N–H and O–H groups in total. The number of hydrogen-bond donors (Lipinski definition) is 1. The molecule has 0 aliphatic heterocycles. The molecule has 0 aliphatic carbocycles. The Morgan fingerprint density at radius 2 is 2.00 bits per heavy atom. The first-order valence-corrected chi connectivity index (χ1v) is 4.56. The van der Waals surface area contributed by atoms with Crippen molar-refractivity contribution in [2.75, 3.05) is 21.3 Å². The van der Waals surface area contributed by atoms with Gasteiger partial charge in [-0.1, -0.05) is 0 Å². The lowest BCUT2D eigenvalue weighted by molar-refractivity contribution is -0.123. The molecule has 1 unspecified atom stereocenters. The number of rotatable bonds is 5. The maximum atomic E-state index is 13.0. The number of likely N-dealkylation sites (N-methyl/N-ethyl adjacent to an activating group) is 1. The molecule has 0 bridgehead atoms. The van der Waals surface area contributed by atoms with Crippen molar-refractivity contribution in [1.29, 1.82) is 0 Å². The summed E-state index contributed by atoms with van der Waals surface area (Å²) in [6.45, 7) is 0. The number of aromatic nitrogens is 1. The molecule has 15 heavy (non-hydrogen) atoms. The minimum Gasteiger partial charge on any atom is -0.354 e. The number of pyridine rings is 1. The van der Waals surface area contributed by atoms with E-state index < -0.39 is 6.29 Å². The van der Waals surface area contributed by atoms with E-state index in [-0.39, 0.29) is 11.9 Å². The fourth-order valence-corrected chi connectivity index (χ4v) is 1.43. The number of nitrogens with one attached hydrogen (secondary N) is 1. The van der Waals surface area contributed by atoms with Gasteiger partial charge in [-0.05, 0) is 18.7 Å². The highest BCUT2D eigenvalue weighted by Gasteiger charge is 2.21. The van der Waals surface area contributed by atoms with E-state index in [1.165, 1.54) is 20.3 Å². The zero-order valence-electron chi connectivity index (χ0n) is 9.03. The summed E-state index contributed by atoms with van der Waals surface area (Å²) in [7, 11) is 4.82. The van der Waals surface area contributed by atoms with Gasteiger partial charge in [-0.3, -0.25) is 4.98 Å². The van der Waals surface area contributed by atoms with Crippen LogP contribution >= 0.6 is 0 Å². The lowest BCUT2D eigenvalue weighted by Gasteiger charge is -2.24. The van der Waals surface area contributed by atoms with Gasteiger partial charge in [0.15, 0.2) is 6.29 Å². The topological polar surface area (TPSA) is 43.4 Å². The third kappa shape index (κ3) is 2.95. The predicted octanol–water partition coefficient (Wildman–Crippen LogP) is 1.10. The van der Waals surface area contributed by atoms with Crippen LogP contribution in [0.3, 0.4) is 0 Å². The van der Waals surface area contributed by atoms with Gasteiger partial charge in [0, 0.05) is 20.4 Å². The van der Waals surface area contributed by atoms with E-state index in [1.807, 2.05) is 0 Å². The van der Waals surface area contributed by atoms with Crippen molar-refractivity contribution in [3.05, 3.63) is 29.8 Å². The molecule has 5 heteroatoms. The molecule has 1 atom stereocenters. The van der Waals surface area contributed by atoms with E-state index in [4.69, 9.17) is 9.47 Å². The summed E-state index contributed by atoms with van der Waals surface area (Å²) in [5, 5.41) is 2.99. The molecule has 0 fully saturated rings. The summed E-state index contributed by atoms with van der Waals surface area (Å²) in [6.07, 6.45) is 2.26. The first-order chi connectivity index (χ1) is 7.22. The highest BCUT2D eigenvalue weighted by atomic mass is 19.1. The second-order valence-electron chi connectivity index (χ2n) is 3.04. The molecule has 1 rings (SSSR count). The molecular weight excluding hydrogens is 199 g/mol. The Morgan fingerprint density at radius 1 is 1.33 bits per heavy atom. The Bertz CT molecular complexity index is 305. The minimum atomic E-state index is -0.474. The van der Waals surface area contributed by atoms with Crippen molar-refractivity contribution in [3.63, 3.8) is 0 Å². The van der Waals surface area contributed by atoms with E-state index in [2.05, 4.69) is 10.3 Å². The first kappa shape index (κ1) is 12.0. The summed E-state index contributed by atoms with van der Waals surface area (Å²) < 4.78 is 23.2. The van der Waals surface area contributed by atoms with Crippen LogP contribution in [0.25, 0.3) is 0 Å². The van der Waals surface area contributed by atoms with Gasteiger partial charge >= 0.3 is 0 Å². The van der Waals surface area contributed by atoms with Gasteiger partial charge in [-0.15, -0.1) is 0 Å². The maximum absolute atomic E-state index is 13.0. The third-order valence-electron chi connectivity index (χ3n) is 2.13. The van der Waals surface area contributed by atoms with Gasteiger partial charge < -0.3 is 14.8 Å². The van der Waals surface area contributed by atoms with Crippen molar-refractivity contribution in [1.82, 2.24) is 10.3 Å². The van der Waals surface area contributed by atoms with Gasteiger partial charge in [-0.2, -0.15) is 0 Å². The fourth-order valence-electron chi connectivity index (χ4n) is 1.43. The molecule has 0 saturated heterocycles. The highest BCUT2D eigenvalue weighted by Crippen LogP contribution is 2.18. The maximum Gasteiger partial charge on any atom is 0.176 e. The van der Waals surface area contributed by atoms with Crippen LogP contribution in [0, 0.1) is 5.82 Å². The molecule has 0 spiro atoms. The normalized spacial score (nSPS) is 13.1. The SMILES string of the molecule is CNC(c1cncc(F)c1)C(OC)OC. The number of nitrogens with zero attached hydrogens (tertiary/aromatic N) is 1. The summed E-state index contributed by atoms with van der Waals surface area (Å²) in [4.78, 5) is 3.78. The Kier molecular flexibility index (Phi) is 4.61. The standard InChI is InChI=1S/C10H15FN2O2/c1-12-9(10(14-2)15-3)7-4-8(11)6-13-5-7/h4-6,9-10,12H,1-3H3. The number of halogens is 1. The molecule has 1 aromatic heterocycles. The largest absolute Gasteiger partial charge is 0.354 e. The van der Waals surface area contributed by atoms with Gasteiger partial charge in [-0.25, -0.2) is 4.39 Å². The van der Waals surface area contributed by atoms with Crippen LogP contribution in [0.5, 0.6) is 0 Å². The number of hydrogen-bond acceptors (Lipinski definition) is 4. The Hall–Kier alpha value is -1.04. The van der Waals surface area contributed by atoms with Crippen molar-refractivity contribution >= 4 is 0 Å². The van der Waals surface area contributed by atoms with Crippen molar-refractivity contribution in [3.8, 4) is 0 Å². The predicted molar refractivity (Wildman–Crippen MR) is 53.8 cm³/mol. The van der Waals surface area contributed by atoms with E-state index in [0.29, 0.717) is 5.56 Å². The van der Waals surface area contributed by atoms with Crippen LogP contribution in [0.4, 0.5) is 4.39 Å². The zero-order chi connectivity index (χ0) is 11.3. The summed E-state index contributed by atoms with van der Waals surface area (Å²) in [6, 6.07) is 1.15. The molecule has 0 amide bonds. The van der Waals surface area contributed by atoms with Crippen LogP contribution in [0.1, 0.15) is 11.6 Å². The molecule has 0 aliphatic rings. The van der Waals surface area contributed by atoms with Crippen molar-refractivity contribution < 1.29 is 13.9 Å².